The van der Waals surface area contributed by atoms with Gasteiger partial charge in [-0.25, -0.2) is 0 Å². The Kier molecular flexibility index (Phi) is 5.26. The number of rotatable bonds is 5. The van der Waals surface area contributed by atoms with Crippen molar-refractivity contribution in [2.75, 3.05) is 7.11 Å². The van der Waals surface area contributed by atoms with Crippen molar-refractivity contribution in [2.24, 2.45) is 0 Å². The van der Waals surface area contributed by atoms with Crippen LogP contribution in [0, 0.1) is 0 Å². The standard InChI is InChI=1S/C13H20ClNO/c1-9(11(3)16-4)15-10(2)12-5-7-13(14)8-6-12/h5-11,15H,1-4H3/t9?,10-,11?/m0/s1. The number of ether oxygens (including phenoxy) is 1. The van der Waals surface area contributed by atoms with Gasteiger partial charge >= 0.3 is 0 Å². The fourth-order valence-corrected chi connectivity index (χ4v) is 1.71. The molecule has 0 heterocycles. The zero-order chi connectivity index (χ0) is 12.1. The fourth-order valence-electron chi connectivity index (χ4n) is 1.58. The summed E-state index contributed by atoms with van der Waals surface area (Å²) < 4.78 is 5.28. The highest BCUT2D eigenvalue weighted by atomic mass is 35.5. The summed E-state index contributed by atoms with van der Waals surface area (Å²) in [5.41, 5.74) is 1.24. The van der Waals surface area contributed by atoms with Gasteiger partial charge in [0.2, 0.25) is 0 Å². The third-order valence-electron chi connectivity index (χ3n) is 2.96. The highest BCUT2D eigenvalue weighted by Crippen LogP contribution is 2.17. The Morgan fingerprint density at radius 1 is 1.12 bits per heavy atom. The Balaban J connectivity index is 2.58. The van der Waals surface area contributed by atoms with E-state index in [2.05, 4.69) is 26.1 Å². The zero-order valence-electron chi connectivity index (χ0n) is 10.3. The maximum absolute atomic E-state index is 5.85. The molecule has 0 aromatic heterocycles. The maximum atomic E-state index is 5.85. The highest BCUT2D eigenvalue weighted by Gasteiger charge is 2.14. The van der Waals surface area contributed by atoms with Crippen molar-refractivity contribution in [1.82, 2.24) is 5.32 Å². The molecule has 0 fully saturated rings. The van der Waals surface area contributed by atoms with Crippen molar-refractivity contribution >= 4 is 11.6 Å². The van der Waals surface area contributed by atoms with E-state index in [1.165, 1.54) is 5.56 Å². The molecule has 1 aromatic carbocycles. The molecule has 0 aliphatic carbocycles. The first-order chi connectivity index (χ1) is 7.54. The molecule has 0 amide bonds. The van der Waals surface area contributed by atoms with Crippen LogP contribution in [0.1, 0.15) is 32.4 Å². The minimum Gasteiger partial charge on any atom is -0.380 e. The number of nitrogens with one attached hydrogen (secondary N) is 1. The third-order valence-corrected chi connectivity index (χ3v) is 3.21. The third kappa shape index (κ3) is 3.78. The van der Waals surface area contributed by atoms with E-state index in [9.17, 15) is 0 Å². The van der Waals surface area contributed by atoms with E-state index in [4.69, 9.17) is 16.3 Å². The first-order valence-electron chi connectivity index (χ1n) is 5.59. The minimum atomic E-state index is 0.203. The maximum Gasteiger partial charge on any atom is 0.0693 e. The number of methoxy groups -OCH3 is 1. The molecule has 0 saturated carbocycles. The van der Waals surface area contributed by atoms with Gasteiger partial charge in [0.25, 0.3) is 0 Å². The lowest BCUT2D eigenvalue weighted by atomic mass is 10.1. The molecule has 3 heteroatoms. The Labute approximate surface area is 103 Å². The van der Waals surface area contributed by atoms with Crippen molar-refractivity contribution < 1.29 is 4.74 Å². The van der Waals surface area contributed by atoms with Crippen LogP contribution < -0.4 is 5.32 Å². The first kappa shape index (κ1) is 13.5. The smallest absolute Gasteiger partial charge is 0.0693 e. The summed E-state index contributed by atoms with van der Waals surface area (Å²) in [4.78, 5) is 0. The van der Waals surface area contributed by atoms with Gasteiger partial charge in [-0.1, -0.05) is 23.7 Å². The van der Waals surface area contributed by atoms with E-state index in [-0.39, 0.29) is 6.10 Å². The SMILES string of the molecule is COC(C)C(C)N[C@@H](C)c1ccc(Cl)cc1. The lowest BCUT2D eigenvalue weighted by Crippen LogP contribution is -2.38. The molecular weight excluding hydrogens is 222 g/mol. The summed E-state index contributed by atoms with van der Waals surface area (Å²) in [7, 11) is 1.73. The highest BCUT2D eigenvalue weighted by molar-refractivity contribution is 6.30. The van der Waals surface area contributed by atoms with E-state index < -0.39 is 0 Å². The molecule has 1 N–H and O–H groups in total. The Hall–Kier alpha value is -0.570. The average molecular weight is 242 g/mol. The molecule has 0 bridgehead atoms. The van der Waals surface area contributed by atoms with Crippen molar-refractivity contribution in [3.05, 3.63) is 34.9 Å². The lowest BCUT2D eigenvalue weighted by Gasteiger charge is -2.24. The number of halogens is 1. The van der Waals surface area contributed by atoms with Crippen molar-refractivity contribution in [2.45, 2.75) is 39.0 Å². The van der Waals surface area contributed by atoms with E-state index in [0.29, 0.717) is 12.1 Å². The van der Waals surface area contributed by atoms with Gasteiger partial charge in [0, 0.05) is 24.2 Å². The van der Waals surface area contributed by atoms with Crippen LogP contribution in [0.2, 0.25) is 5.02 Å². The molecule has 0 radical (unpaired) electrons. The van der Waals surface area contributed by atoms with Crippen LogP contribution in [0.15, 0.2) is 24.3 Å². The Morgan fingerprint density at radius 3 is 2.19 bits per heavy atom. The average Bonchev–Trinajstić information content (AvgIpc) is 2.28. The van der Waals surface area contributed by atoms with E-state index in [1.54, 1.807) is 7.11 Å². The monoisotopic (exact) mass is 241 g/mol. The summed E-state index contributed by atoms with van der Waals surface area (Å²) >= 11 is 5.85. The molecule has 90 valence electrons. The van der Waals surface area contributed by atoms with E-state index in [1.807, 2.05) is 24.3 Å². The molecule has 0 aliphatic heterocycles. The van der Waals surface area contributed by atoms with Crippen LogP contribution in [-0.2, 0) is 4.74 Å². The number of hydrogen-bond acceptors (Lipinski definition) is 2. The van der Waals surface area contributed by atoms with Crippen molar-refractivity contribution in [3.63, 3.8) is 0 Å². The normalized spacial score (nSPS) is 16.8. The van der Waals surface area contributed by atoms with Crippen molar-refractivity contribution in [3.8, 4) is 0 Å². The van der Waals surface area contributed by atoms with Crippen LogP contribution >= 0.6 is 11.6 Å². The van der Waals surface area contributed by atoms with Gasteiger partial charge in [-0.3, -0.25) is 0 Å². The summed E-state index contributed by atoms with van der Waals surface area (Å²) in [6.45, 7) is 6.33. The van der Waals surface area contributed by atoms with Gasteiger partial charge in [-0.2, -0.15) is 0 Å². The van der Waals surface area contributed by atoms with E-state index in [0.717, 1.165) is 5.02 Å². The lowest BCUT2D eigenvalue weighted by molar-refractivity contribution is 0.0852. The van der Waals surface area contributed by atoms with Gasteiger partial charge in [-0.15, -0.1) is 0 Å². The van der Waals surface area contributed by atoms with Gasteiger partial charge in [0.15, 0.2) is 0 Å². The molecule has 2 nitrogen and oxygen atoms in total. The summed E-state index contributed by atoms with van der Waals surface area (Å²) in [6, 6.07) is 8.54. The second-order valence-electron chi connectivity index (χ2n) is 4.17. The number of benzene rings is 1. The second-order valence-corrected chi connectivity index (χ2v) is 4.61. The number of hydrogen-bond donors (Lipinski definition) is 1. The van der Waals surface area contributed by atoms with Gasteiger partial charge < -0.3 is 10.1 Å². The van der Waals surface area contributed by atoms with Crippen LogP contribution in [-0.4, -0.2) is 19.3 Å². The van der Waals surface area contributed by atoms with Gasteiger partial charge in [-0.05, 0) is 38.5 Å². The summed E-state index contributed by atoms with van der Waals surface area (Å²) in [5.74, 6) is 0. The predicted octanol–water partition coefficient (Wildman–Crippen LogP) is 3.41. The van der Waals surface area contributed by atoms with Crippen LogP contribution in [0.4, 0.5) is 0 Å². The second kappa shape index (κ2) is 6.24. The van der Waals surface area contributed by atoms with E-state index >= 15 is 0 Å². The Morgan fingerprint density at radius 2 is 1.69 bits per heavy atom. The van der Waals surface area contributed by atoms with Crippen molar-refractivity contribution in [1.29, 1.82) is 0 Å². The fraction of sp³-hybridized carbons (Fsp3) is 0.538. The van der Waals surface area contributed by atoms with Crippen LogP contribution in [0.5, 0.6) is 0 Å². The minimum absolute atomic E-state index is 0.203. The zero-order valence-corrected chi connectivity index (χ0v) is 11.1. The predicted molar refractivity (Wildman–Crippen MR) is 68.9 cm³/mol. The topological polar surface area (TPSA) is 21.3 Å². The molecule has 0 spiro atoms. The molecule has 3 atom stereocenters. The summed E-state index contributed by atoms with van der Waals surface area (Å²) in [5, 5.41) is 4.27. The van der Waals surface area contributed by atoms with Gasteiger partial charge in [0.1, 0.15) is 0 Å². The molecule has 0 aliphatic rings. The molecule has 2 unspecified atom stereocenters. The molecule has 0 saturated heterocycles. The first-order valence-corrected chi connectivity index (χ1v) is 5.96. The van der Waals surface area contributed by atoms with Crippen LogP contribution in [0.25, 0.3) is 0 Å². The summed E-state index contributed by atoms with van der Waals surface area (Å²) in [6.07, 6.45) is 0.203. The Bertz CT molecular complexity index is 312. The largest absolute Gasteiger partial charge is 0.380 e. The van der Waals surface area contributed by atoms with Crippen LogP contribution in [0.3, 0.4) is 0 Å². The van der Waals surface area contributed by atoms with Gasteiger partial charge in [0.05, 0.1) is 6.10 Å². The molecule has 1 rings (SSSR count). The molecular formula is C13H20ClNO. The quantitative estimate of drug-likeness (QED) is 0.853. The molecule has 16 heavy (non-hydrogen) atoms. The molecule has 1 aromatic rings.